The molecule has 0 saturated carbocycles. The number of carbonyl (C=O) groups excluding carboxylic acids is 1. The Morgan fingerprint density at radius 2 is 1.90 bits per heavy atom. The second-order valence-corrected chi connectivity index (χ2v) is 6.76. The summed E-state index contributed by atoms with van der Waals surface area (Å²) in [4.78, 5) is 12.0. The van der Waals surface area contributed by atoms with Gasteiger partial charge in [0.15, 0.2) is 11.4 Å². The van der Waals surface area contributed by atoms with E-state index < -0.39 is 12.0 Å². The first-order valence-corrected chi connectivity index (χ1v) is 9.69. The minimum Gasteiger partial charge on any atom is -0.497 e. The molecule has 0 radical (unpaired) electrons. The highest BCUT2D eigenvalue weighted by atomic mass is 19.1. The molecule has 0 aliphatic rings. The van der Waals surface area contributed by atoms with Gasteiger partial charge in [-0.1, -0.05) is 25.5 Å². The summed E-state index contributed by atoms with van der Waals surface area (Å²) in [7, 11) is 1.61. The van der Waals surface area contributed by atoms with E-state index in [1.54, 1.807) is 14.0 Å². The van der Waals surface area contributed by atoms with Crippen LogP contribution in [0.4, 0.5) is 9.18 Å². The van der Waals surface area contributed by atoms with Gasteiger partial charge in [-0.2, -0.15) is 0 Å². The van der Waals surface area contributed by atoms with Gasteiger partial charge in [0.1, 0.15) is 17.3 Å². The molecule has 1 heterocycles. The average Bonchev–Trinajstić information content (AvgIpc) is 3.03. The number of ether oxygens (including phenoxy) is 3. The van der Waals surface area contributed by atoms with E-state index in [2.05, 4.69) is 0 Å². The molecule has 0 aliphatic heterocycles. The fourth-order valence-electron chi connectivity index (χ4n) is 3.35. The molecule has 0 N–H and O–H groups in total. The summed E-state index contributed by atoms with van der Waals surface area (Å²) in [6.45, 7) is 5.72. The Hall–Kier alpha value is -3.02. The number of carbonyl (C=O) groups is 1. The van der Waals surface area contributed by atoms with Crippen LogP contribution in [0.25, 0.3) is 11.0 Å². The van der Waals surface area contributed by atoms with Crippen LogP contribution in [0.3, 0.4) is 0 Å². The minimum absolute atomic E-state index is 0.0881. The summed E-state index contributed by atoms with van der Waals surface area (Å²) in [5.41, 5.74) is 2.44. The molecule has 3 aromatic rings. The summed E-state index contributed by atoms with van der Waals surface area (Å²) in [5.74, 6) is 1.22. The molecule has 0 atom stereocenters. The number of benzene rings is 2. The standard InChI is InChI=1S/C23H25FO5/c1-5-7-16-13-18(24)22-20(21(16)29-23(25)27-6-2)14(3)19(28-22)12-15-8-10-17(26-4)11-9-15/h8-11,13H,5-7,12H2,1-4H3. The Morgan fingerprint density at radius 1 is 1.17 bits per heavy atom. The Morgan fingerprint density at radius 3 is 2.52 bits per heavy atom. The zero-order valence-corrected chi connectivity index (χ0v) is 17.1. The van der Waals surface area contributed by atoms with Crippen molar-refractivity contribution < 1.29 is 27.8 Å². The predicted molar refractivity (Wildman–Crippen MR) is 108 cm³/mol. The van der Waals surface area contributed by atoms with E-state index in [0.29, 0.717) is 35.3 Å². The van der Waals surface area contributed by atoms with Gasteiger partial charge in [-0.15, -0.1) is 0 Å². The fourth-order valence-corrected chi connectivity index (χ4v) is 3.35. The van der Waals surface area contributed by atoms with Crippen LogP contribution in [0.15, 0.2) is 34.7 Å². The van der Waals surface area contributed by atoms with Gasteiger partial charge in [-0.05, 0) is 49.6 Å². The molecular weight excluding hydrogens is 375 g/mol. The Labute approximate surface area is 169 Å². The third-order valence-corrected chi connectivity index (χ3v) is 4.77. The van der Waals surface area contributed by atoms with Crippen LogP contribution in [0.1, 0.15) is 42.7 Å². The molecule has 0 saturated heterocycles. The van der Waals surface area contributed by atoms with Gasteiger partial charge in [-0.25, -0.2) is 9.18 Å². The van der Waals surface area contributed by atoms with Crippen molar-refractivity contribution in [1.82, 2.24) is 0 Å². The highest BCUT2D eigenvalue weighted by Crippen LogP contribution is 2.39. The number of fused-ring (bicyclic) bond motifs is 1. The monoisotopic (exact) mass is 400 g/mol. The third-order valence-electron chi connectivity index (χ3n) is 4.77. The summed E-state index contributed by atoms with van der Waals surface area (Å²) in [6.07, 6.45) is 1.01. The molecule has 6 heteroatoms. The zero-order valence-electron chi connectivity index (χ0n) is 17.1. The third kappa shape index (κ3) is 4.36. The van der Waals surface area contributed by atoms with Crippen LogP contribution in [0, 0.1) is 12.7 Å². The molecule has 2 aromatic carbocycles. The molecule has 0 amide bonds. The second kappa shape index (κ2) is 8.99. The number of hydrogen-bond donors (Lipinski definition) is 0. The average molecular weight is 400 g/mol. The highest BCUT2D eigenvalue weighted by molar-refractivity contribution is 5.92. The molecule has 5 nitrogen and oxygen atoms in total. The van der Waals surface area contributed by atoms with E-state index in [1.807, 2.05) is 38.1 Å². The van der Waals surface area contributed by atoms with E-state index in [0.717, 1.165) is 23.3 Å². The van der Waals surface area contributed by atoms with Crippen LogP contribution < -0.4 is 9.47 Å². The molecule has 1 aromatic heterocycles. The van der Waals surface area contributed by atoms with Crippen LogP contribution in [0.5, 0.6) is 11.5 Å². The van der Waals surface area contributed by atoms with Gasteiger partial charge in [0, 0.05) is 12.0 Å². The Kier molecular flexibility index (Phi) is 6.42. The summed E-state index contributed by atoms with van der Waals surface area (Å²) < 4.78 is 36.2. The van der Waals surface area contributed by atoms with Gasteiger partial charge >= 0.3 is 6.16 Å². The van der Waals surface area contributed by atoms with Gasteiger partial charge < -0.3 is 18.6 Å². The van der Waals surface area contributed by atoms with Crippen molar-refractivity contribution in [2.45, 2.75) is 40.0 Å². The first-order chi connectivity index (χ1) is 14.0. The lowest BCUT2D eigenvalue weighted by molar-refractivity contribution is 0.104. The van der Waals surface area contributed by atoms with Crippen molar-refractivity contribution >= 4 is 17.1 Å². The van der Waals surface area contributed by atoms with E-state index in [9.17, 15) is 9.18 Å². The molecule has 29 heavy (non-hydrogen) atoms. The smallest absolute Gasteiger partial charge is 0.497 e. The molecule has 3 rings (SSSR count). The first-order valence-electron chi connectivity index (χ1n) is 9.69. The van der Waals surface area contributed by atoms with Crippen molar-refractivity contribution in [3.05, 3.63) is 58.6 Å². The Bertz CT molecular complexity index is 1000. The van der Waals surface area contributed by atoms with Crippen molar-refractivity contribution in [1.29, 1.82) is 0 Å². The van der Waals surface area contributed by atoms with E-state index in [-0.39, 0.29) is 12.2 Å². The molecule has 154 valence electrons. The normalized spacial score (nSPS) is 10.9. The highest BCUT2D eigenvalue weighted by Gasteiger charge is 2.24. The Balaban J connectivity index is 2.08. The van der Waals surface area contributed by atoms with Crippen molar-refractivity contribution in [3.63, 3.8) is 0 Å². The van der Waals surface area contributed by atoms with Gasteiger partial charge in [0.2, 0.25) is 0 Å². The second-order valence-electron chi connectivity index (χ2n) is 6.76. The quantitative estimate of drug-likeness (QED) is 0.361. The molecular formula is C23H25FO5. The van der Waals surface area contributed by atoms with Crippen molar-refractivity contribution in [3.8, 4) is 11.5 Å². The number of methoxy groups -OCH3 is 1. The number of furan rings is 1. The molecule has 0 bridgehead atoms. The maximum absolute atomic E-state index is 14.8. The van der Waals surface area contributed by atoms with Gasteiger partial charge in [0.05, 0.1) is 19.1 Å². The number of aryl methyl sites for hydroxylation is 2. The molecule has 0 aliphatic carbocycles. The summed E-state index contributed by atoms with van der Waals surface area (Å²) in [6, 6.07) is 8.96. The topological polar surface area (TPSA) is 57.9 Å². The predicted octanol–water partition coefficient (Wildman–Crippen LogP) is 5.97. The van der Waals surface area contributed by atoms with Gasteiger partial charge in [-0.3, -0.25) is 0 Å². The number of halogens is 1. The first kappa shape index (κ1) is 20.7. The van der Waals surface area contributed by atoms with Crippen LogP contribution >= 0.6 is 0 Å². The lowest BCUT2D eigenvalue weighted by Crippen LogP contribution is -2.12. The number of hydrogen-bond acceptors (Lipinski definition) is 5. The summed E-state index contributed by atoms with van der Waals surface area (Å²) >= 11 is 0. The largest absolute Gasteiger partial charge is 0.513 e. The lowest BCUT2D eigenvalue weighted by Gasteiger charge is -2.11. The molecule has 0 spiro atoms. The van der Waals surface area contributed by atoms with Crippen molar-refractivity contribution in [2.75, 3.05) is 13.7 Å². The minimum atomic E-state index is -0.810. The maximum Gasteiger partial charge on any atom is 0.513 e. The molecule has 0 unspecified atom stereocenters. The van der Waals surface area contributed by atoms with Crippen LogP contribution in [-0.2, 0) is 17.6 Å². The van der Waals surface area contributed by atoms with E-state index >= 15 is 0 Å². The zero-order chi connectivity index (χ0) is 21.0. The molecule has 0 fully saturated rings. The van der Waals surface area contributed by atoms with Crippen LogP contribution in [0.2, 0.25) is 0 Å². The van der Waals surface area contributed by atoms with Crippen LogP contribution in [-0.4, -0.2) is 19.9 Å². The van der Waals surface area contributed by atoms with E-state index in [1.165, 1.54) is 6.07 Å². The fraction of sp³-hybridized carbons (Fsp3) is 0.348. The maximum atomic E-state index is 14.8. The van der Waals surface area contributed by atoms with E-state index in [4.69, 9.17) is 18.6 Å². The van der Waals surface area contributed by atoms with Crippen molar-refractivity contribution in [2.24, 2.45) is 0 Å². The van der Waals surface area contributed by atoms with Gasteiger partial charge in [0.25, 0.3) is 0 Å². The SMILES string of the molecule is CCCc1cc(F)c2oc(Cc3ccc(OC)cc3)c(C)c2c1OC(=O)OCC. The number of rotatable bonds is 7. The lowest BCUT2D eigenvalue weighted by atomic mass is 10.0. The summed E-state index contributed by atoms with van der Waals surface area (Å²) in [5, 5.41) is 0.477.